The van der Waals surface area contributed by atoms with E-state index in [9.17, 15) is 13.6 Å². The maximum Gasteiger partial charge on any atom is 0.321 e. The maximum absolute atomic E-state index is 13.5. The zero-order valence-corrected chi connectivity index (χ0v) is 14.7. The molecule has 2 amide bonds. The van der Waals surface area contributed by atoms with Crippen molar-refractivity contribution >= 4 is 17.7 Å². The normalized spacial score (nSPS) is 17.1. The predicted octanol–water partition coefficient (Wildman–Crippen LogP) is 3.23. The van der Waals surface area contributed by atoms with Crippen molar-refractivity contribution in [2.75, 3.05) is 37.4 Å². The van der Waals surface area contributed by atoms with E-state index in [-0.39, 0.29) is 11.9 Å². The molecule has 0 aliphatic carbocycles. The summed E-state index contributed by atoms with van der Waals surface area (Å²) in [5.41, 5.74) is 1.22. The highest BCUT2D eigenvalue weighted by atomic mass is 19.2. The summed E-state index contributed by atoms with van der Waals surface area (Å²) in [7, 11) is 3.67. The minimum atomic E-state index is -0.861. The molecular weight excluding hydrogens is 340 g/mol. The lowest BCUT2D eigenvalue weighted by molar-refractivity contribution is 0.192. The van der Waals surface area contributed by atoms with Crippen molar-refractivity contribution in [3.05, 3.63) is 47.8 Å². The summed E-state index contributed by atoms with van der Waals surface area (Å²) in [4.78, 5) is 24.3. The summed E-state index contributed by atoms with van der Waals surface area (Å²) in [6.07, 6.45) is 4.73. The summed E-state index contributed by atoms with van der Waals surface area (Å²) in [5, 5.41) is 2.78. The number of urea groups is 1. The van der Waals surface area contributed by atoms with Gasteiger partial charge in [0.05, 0.1) is 18.1 Å². The molecule has 0 saturated carbocycles. The molecule has 2 heterocycles. The third-order valence-electron chi connectivity index (χ3n) is 4.41. The average Bonchev–Trinajstić information content (AvgIpc) is 2.64. The maximum atomic E-state index is 13.5. The van der Waals surface area contributed by atoms with E-state index in [2.05, 4.69) is 15.3 Å². The number of rotatable bonds is 3. The van der Waals surface area contributed by atoms with Crippen LogP contribution < -0.4 is 10.2 Å². The van der Waals surface area contributed by atoms with Crippen molar-refractivity contribution in [1.82, 2.24) is 14.9 Å². The lowest BCUT2D eigenvalue weighted by Gasteiger charge is -2.33. The van der Waals surface area contributed by atoms with Gasteiger partial charge >= 0.3 is 6.03 Å². The topological polar surface area (TPSA) is 61.4 Å². The van der Waals surface area contributed by atoms with Gasteiger partial charge in [-0.25, -0.2) is 23.5 Å². The number of hydrogen-bond donors (Lipinski definition) is 1. The summed E-state index contributed by atoms with van der Waals surface area (Å²) in [6.45, 7) is 1.07. The summed E-state index contributed by atoms with van der Waals surface area (Å²) >= 11 is 0. The van der Waals surface area contributed by atoms with Gasteiger partial charge in [-0.1, -0.05) is 6.07 Å². The molecule has 6 nitrogen and oxygen atoms in total. The van der Waals surface area contributed by atoms with Gasteiger partial charge < -0.3 is 15.1 Å². The van der Waals surface area contributed by atoms with Gasteiger partial charge in [-0.05, 0) is 30.5 Å². The highest BCUT2D eigenvalue weighted by Gasteiger charge is 2.25. The third kappa shape index (κ3) is 4.07. The SMILES string of the molecule is CN(C)c1ncc(NC(=O)N2CCCC(c3ccc(F)c(F)c3)C2)cn1. The van der Waals surface area contributed by atoms with Crippen LogP contribution in [0, 0.1) is 11.6 Å². The molecule has 138 valence electrons. The Bertz CT molecular complexity index is 782. The first-order chi connectivity index (χ1) is 12.4. The molecule has 1 N–H and O–H groups in total. The smallest absolute Gasteiger partial charge is 0.321 e. The van der Waals surface area contributed by atoms with E-state index >= 15 is 0 Å². The number of likely N-dealkylation sites (tertiary alicyclic amines) is 1. The van der Waals surface area contributed by atoms with E-state index in [0.717, 1.165) is 18.9 Å². The van der Waals surface area contributed by atoms with Gasteiger partial charge in [0, 0.05) is 33.1 Å². The molecular formula is C18H21F2N5O. The minimum absolute atomic E-state index is 0.0167. The first kappa shape index (κ1) is 18.0. The molecule has 8 heteroatoms. The van der Waals surface area contributed by atoms with Crippen LogP contribution >= 0.6 is 0 Å². The van der Waals surface area contributed by atoms with Crippen molar-refractivity contribution in [3.8, 4) is 0 Å². The first-order valence-electron chi connectivity index (χ1n) is 8.44. The highest BCUT2D eigenvalue weighted by Crippen LogP contribution is 2.28. The van der Waals surface area contributed by atoms with Gasteiger partial charge in [-0.15, -0.1) is 0 Å². The molecule has 1 fully saturated rings. The van der Waals surface area contributed by atoms with Gasteiger partial charge in [0.15, 0.2) is 11.6 Å². The van der Waals surface area contributed by atoms with E-state index in [4.69, 9.17) is 0 Å². The standard InChI is InChI=1S/C18H21F2N5O/c1-24(2)17-21-9-14(10-22-17)23-18(26)25-7-3-4-13(11-25)12-5-6-15(19)16(20)8-12/h5-6,8-10,13H,3-4,7,11H2,1-2H3,(H,23,26). The molecule has 26 heavy (non-hydrogen) atoms. The number of nitrogens with zero attached hydrogens (tertiary/aromatic N) is 4. The Balaban J connectivity index is 1.64. The molecule has 0 bridgehead atoms. The second-order valence-corrected chi connectivity index (χ2v) is 6.56. The van der Waals surface area contributed by atoms with Crippen LogP contribution in [-0.4, -0.2) is 48.1 Å². The first-order valence-corrected chi connectivity index (χ1v) is 8.44. The van der Waals surface area contributed by atoms with Gasteiger partial charge in [0.1, 0.15) is 0 Å². The Morgan fingerprint density at radius 3 is 2.62 bits per heavy atom. The Morgan fingerprint density at radius 2 is 1.96 bits per heavy atom. The zero-order valence-electron chi connectivity index (χ0n) is 14.7. The van der Waals surface area contributed by atoms with Crippen LogP contribution in [0.3, 0.4) is 0 Å². The second kappa shape index (κ2) is 7.63. The molecule has 1 aliphatic rings. The van der Waals surface area contributed by atoms with Crippen molar-refractivity contribution in [3.63, 3.8) is 0 Å². The van der Waals surface area contributed by atoms with Crippen molar-refractivity contribution in [2.45, 2.75) is 18.8 Å². The second-order valence-electron chi connectivity index (χ2n) is 6.56. The number of amides is 2. The van der Waals surface area contributed by atoms with Crippen LogP contribution in [0.4, 0.5) is 25.2 Å². The summed E-state index contributed by atoms with van der Waals surface area (Å²) in [6, 6.07) is 3.68. The average molecular weight is 361 g/mol. The van der Waals surface area contributed by atoms with Gasteiger partial charge in [0.25, 0.3) is 0 Å². The van der Waals surface area contributed by atoms with Gasteiger partial charge in [-0.3, -0.25) is 0 Å². The van der Waals surface area contributed by atoms with Crippen LogP contribution in [0.2, 0.25) is 0 Å². The number of anilines is 2. The van der Waals surface area contributed by atoms with E-state index in [0.29, 0.717) is 30.3 Å². The molecule has 0 spiro atoms. The number of benzene rings is 1. The molecule has 1 atom stereocenters. The molecule has 1 unspecified atom stereocenters. The van der Waals surface area contributed by atoms with E-state index in [1.54, 1.807) is 28.3 Å². The molecule has 2 aromatic rings. The fourth-order valence-electron chi connectivity index (χ4n) is 3.02. The monoisotopic (exact) mass is 361 g/mol. The van der Waals surface area contributed by atoms with Gasteiger partial charge in [-0.2, -0.15) is 0 Å². The van der Waals surface area contributed by atoms with Crippen LogP contribution in [0.5, 0.6) is 0 Å². The minimum Gasteiger partial charge on any atom is -0.347 e. The fourth-order valence-corrected chi connectivity index (χ4v) is 3.02. The Morgan fingerprint density at radius 1 is 1.23 bits per heavy atom. The predicted molar refractivity (Wildman–Crippen MR) is 95.3 cm³/mol. The van der Waals surface area contributed by atoms with Crippen molar-refractivity contribution in [2.24, 2.45) is 0 Å². The van der Waals surface area contributed by atoms with Crippen LogP contribution in [-0.2, 0) is 0 Å². The molecule has 1 aromatic heterocycles. The van der Waals surface area contributed by atoms with E-state index < -0.39 is 11.6 Å². The molecule has 1 aliphatic heterocycles. The zero-order chi connectivity index (χ0) is 18.7. The van der Waals surface area contributed by atoms with Crippen molar-refractivity contribution in [1.29, 1.82) is 0 Å². The lowest BCUT2D eigenvalue weighted by Crippen LogP contribution is -2.41. The Hall–Kier alpha value is -2.77. The number of hydrogen-bond acceptors (Lipinski definition) is 4. The number of nitrogens with one attached hydrogen (secondary N) is 1. The molecule has 1 saturated heterocycles. The molecule has 1 aromatic carbocycles. The molecule has 3 rings (SSSR count). The summed E-state index contributed by atoms with van der Waals surface area (Å²) < 4.78 is 26.6. The molecule has 0 radical (unpaired) electrons. The van der Waals surface area contributed by atoms with Crippen molar-refractivity contribution < 1.29 is 13.6 Å². The number of piperidine rings is 1. The number of carbonyl (C=O) groups is 1. The fraction of sp³-hybridized carbons (Fsp3) is 0.389. The Kier molecular flexibility index (Phi) is 5.29. The lowest BCUT2D eigenvalue weighted by atomic mass is 9.90. The number of halogens is 2. The Labute approximate surface area is 150 Å². The number of carbonyl (C=O) groups excluding carboxylic acids is 1. The van der Waals surface area contributed by atoms with Gasteiger partial charge in [0.2, 0.25) is 5.95 Å². The van der Waals surface area contributed by atoms with Crippen LogP contribution in [0.25, 0.3) is 0 Å². The van der Waals surface area contributed by atoms with Crippen LogP contribution in [0.15, 0.2) is 30.6 Å². The number of aromatic nitrogens is 2. The van der Waals surface area contributed by atoms with E-state index in [1.807, 2.05) is 14.1 Å². The highest BCUT2D eigenvalue weighted by molar-refractivity contribution is 5.89. The van der Waals surface area contributed by atoms with Crippen LogP contribution in [0.1, 0.15) is 24.3 Å². The third-order valence-corrected chi connectivity index (χ3v) is 4.41. The summed E-state index contributed by atoms with van der Waals surface area (Å²) in [5.74, 6) is -1.18. The quantitative estimate of drug-likeness (QED) is 0.912. The van der Waals surface area contributed by atoms with E-state index in [1.165, 1.54) is 6.07 Å². The largest absolute Gasteiger partial charge is 0.347 e.